The third-order valence-electron chi connectivity index (χ3n) is 4.72. The summed E-state index contributed by atoms with van der Waals surface area (Å²) < 4.78 is 0. The zero-order chi connectivity index (χ0) is 16.2. The van der Waals surface area contributed by atoms with Gasteiger partial charge in [0.2, 0.25) is 11.8 Å². The van der Waals surface area contributed by atoms with Gasteiger partial charge >= 0.3 is 0 Å². The Balaban J connectivity index is 2.06. The molecule has 0 aliphatic carbocycles. The molecule has 1 heterocycles. The maximum atomic E-state index is 12.2. The van der Waals surface area contributed by atoms with Crippen molar-refractivity contribution in [2.75, 3.05) is 6.54 Å². The second-order valence-corrected chi connectivity index (χ2v) is 6.31. The van der Waals surface area contributed by atoms with Gasteiger partial charge < -0.3 is 10.6 Å². The molecule has 1 aromatic carbocycles. The lowest BCUT2D eigenvalue weighted by molar-refractivity contribution is -0.126. The largest absolute Gasteiger partial charge is 0.353 e. The van der Waals surface area contributed by atoms with Crippen LogP contribution in [-0.4, -0.2) is 24.4 Å². The van der Waals surface area contributed by atoms with Crippen molar-refractivity contribution in [1.29, 1.82) is 0 Å². The van der Waals surface area contributed by atoms with Crippen molar-refractivity contribution in [1.82, 2.24) is 10.6 Å². The lowest BCUT2D eigenvalue weighted by atomic mass is 9.75. The fraction of sp³-hybridized carbons (Fsp3) is 0.529. The molecule has 2 amide bonds. The number of halogens is 1. The number of rotatable bonds is 6. The summed E-state index contributed by atoms with van der Waals surface area (Å²) >= 11 is 5.97. The van der Waals surface area contributed by atoms with Crippen molar-refractivity contribution < 1.29 is 9.59 Å². The highest BCUT2D eigenvalue weighted by atomic mass is 35.5. The molecule has 1 saturated heterocycles. The quantitative estimate of drug-likeness (QED) is 0.846. The smallest absolute Gasteiger partial charge is 0.242 e. The Labute approximate surface area is 136 Å². The molecule has 0 aromatic heterocycles. The van der Waals surface area contributed by atoms with Crippen LogP contribution in [0.2, 0.25) is 5.02 Å². The molecule has 1 aliphatic heterocycles. The van der Waals surface area contributed by atoms with E-state index in [1.807, 2.05) is 24.3 Å². The molecule has 5 heteroatoms. The van der Waals surface area contributed by atoms with Crippen LogP contribution in [0.25, 0.3) is 0 Å². The highest BCUT2D eigenvalue weighted by Gasteiger charge is 2.32. The lowest BCUT2D eigenvalue weighted by Gasteiger charge is -2.33. The fourth-order valence-electron chi connectivity index (χ4n) is 3.00. The summed E-state index contributed by atoms with van der Waals surface area (Å²) in [5.74, 6) is -0.138. The van der Waals surface area contributed by atoms with Crippen molar-refractivity contribution in [2.45, 2.75) is 51.0 Å². The standard InChI is InChI=1S/C17H23ClN2O2/c1-3-17(4-2,12-5-7-13(18)8-6-12)11-19-16(22)14-9-10-15(21)20-14/h5-8,14H,3-4,9-11H2,1-2H3,(H,19,22)(H,20,21)/t14-/m0/s1. The van der Waals surface area contributed by atoms with E-state index in [1.165, 1.54) is 5.56 Å². The molecule has 22 heavy (non-hydrogen) atoms. The topological polar surface area (TPSA) is 58.2 Å². The first-order valence-electron chi connectivity index (χ1n) is 7.84. The van der Waals surface area contributed by atoms with Gasteiger partial charge in [0.05, 0.1) is 0 Å². The summed E-state index contributed by atoms with van der Waals surface area (Å²) in [5.41, 5.74) is 1.07. The van der Waals surface area contributed by atoms with E-state index in [1.54, 1.807) is 0 Å². The number of nitrogens with one attached hydrogen (secondary N) is 2. The van der Waals surface area contributed by atoms with Crippen LogP contribution in [0, 0.1) is 0 Å². The molecule has 2 N–H and O–H groups in total. The van der Waals surface area contributed by atoms with E-state index in [4.69, 9.17) is 11.6 Å². The van der Waals surface area contributed by atoms with Crippen molar-refractivity contribution in [3.63, 3.8) is 0 Å². The summed E-state index contributed by atoms with van der Waals surface area (Å²) in [6.07, 6.45) is 2.85. The Morgan fingerprint density at radius 3 is 2.45 bits per heavy atom. The molecule has 0 bridgehead atoms. The van der Waals surface area contributed by atoms with E-state index in [0.29, 0.717) is 24.4 Å². The third-order valence-corrected chi connectivity index (χ3v) is 4.97. The molecule has 1 fully saturated rings. The number of hydrogen-bond acceptors (Lipinski definition) is 2. The molecule has 1 aromatic rings. The Bertz CT molecular complexity index is 538. The first kappa shape index (κ1) is 16.8. The molecule has 2 rings (SSSR count). The number of carbonyl (C=O) groups is 2. The Morgan fingerprint density at radius 1 is 1.32 bits per heavy atom. The lowest BCUT2D eigenvalue weighted by Crippen LogP contribution is -2.47. The van der Waals surface area contributed by atoms with Gasteiger partial charge in [-0.2, -0.15) is 0 Å². The van der Waals surface area contributed by atoms with Gasteiger partial charge in [0, 0.05) is 23.4 Å². The number of amides is 2. The van der Waals surface area contributed by atoms with Crippen LogP contribution in [0.3, 0.4) is 0 Å². The van der Waals surface area contributed by atoms with Crippen molar-refractivity contribution >= 4 is 23.4 Å². The number of carbonyl (C=O) groups excluding carboxylic acids is 2. The highest BCUT2D eigenvalue weighted by Crippen LogP contribution is 2.32. The summed E-state index contributed by atoms with van der Waals surface area (Å²) in [6.45, 7) is 4.82. The maximum absolute atomic E-state index is 12.2. The van der Waals surface area contributed by atoms with Gasteiger partial charge in [0.1, 0.15) is 6.04 Å². The molecule has 1 aliphatic rings. The summed E-state index contributed by atoms with van der Waals surface area (Å²) in [5, 5.41) is 6.43. The van der Waals surface area contributed by atoms with Crippen LogP contribution in [0.4, 0.5) is 0 Å². The fourth-order valence-corrected chi connectivity index (χ4v) is 3.13. The van der Waals surface area contributed by atoms with Gasteiger partial charge in [-0.1, -0.05) is 37.6 Å². The first-order chi connectivity index (χ1) is 10.5. The van der Waals surface area contributed by atoms with E-state index in [9.17, 15) is 9.59 Å². The van der Waals surface area contributed by atoms with Gasteiger partial charge in [-0.15, -0.1) is 0 Å². The Morgan fingerprint density at radius 2 is 1.95 bits per heavy atom. The minimum atomic E-state index is -0.385. The maximum Gasteiger partial charge on any atom is 0.242 e. The van der Waals surface area contributed by atoms with Crippen LogP contribution < -0.4 is 10.6 Å². The highest BCUT2D eigenvalue weighted by molar-refractivity contribution is 6.30. The van der Waals surface area contributed by atoms with Gasteiger partial charge in [-0.25, -0.2) is 0 Å². The molecule has 0 unspecified atom stereocenters. The van der Waals surface area contributed by atoms with E-state index >= 15 is 0 Å². The molecule has 0 spiro atoms. The monoisotopic (exact) mass is 322 g/mol. The summed E-state index contributed by atoms with van der Waals surface area (Å²) in [4.78, 5) is 23.4. The van der Waals surface area contributed by atoms with Crippen molar-refractivity contribution in [3.8, 4) is 0 Å². The summed E-state index contributed by atoms with van der Waals surface area (Å²) in [6, 6.07) is 7.44. The van der Waals surface area contributed by atoms with E-state index in [2.05, 4.69) is 24.5 Å². The SMILES string of the molecule is CCC(CC)(CNC(=O)[C@@H]1CCC(=O)N1)c1ccc(Cl)cc1. The average Bonchev–Trinajstić information content (AvgIpc) is 2.96. The van der Waals surface area contributed by atoms with Crippen molar-refractivity contribution in [3.05, 3.63) is 34.9 Å². The van der Waals surface area contributed by atoms with Gasteiger partial charge in [0.25, 0.3) is 0 Å². The van der Waals surface area contributed by atoms with E-state index in [-0.39, 0.29) is 23.3 Å². The predicted molar refractivity (Wildman–Crippen MR) is 87.9 cm³/mol. The number of hydrogen-bond donors (Lipinski definition) is 2. The Hall–Kier alpha value is -1.55. The molecule has 1 atom stereocenters. The van der Waals surface area contributed by atoms with Crippen LogP contribution in [0.5, 0.6) is 0 Å². The van der Waals surface area contributed by atoms with Crippen LogP contribution >= 0.6 is 11.6 Å². The minimum absolute atomic E-state index is 0.0462. The van der Waals surface area contributed by atoms with E-state index < -0.39 is 0 Å². The zero-order valence-electron chi connectivity index (χ0n) is 13.1. The number of benzene rings is 1. The first-order valence-corrected chi connectivity index (χ1v) is 8.21. The summed E-state index contributed by atoms with van der Waals surface area (Å²) in [7, 11) is 0. The molecule has 120 valence electrons. The molecular formula is C17H23ClN2O2. The molecule has 0 saturated carbocycles. The molecule has 0 radical (unpaired) electrons. The van der Waals surface area contributed by atoms with Crippen LogP contribution in [0.1, 0.15) is 45.1 Å². The van der Waals surface area contributed by atoms with Crippen LogP contribution in [0.15, 0.2) is 24.3 Å². The average molecular weight is 323 g/mol. The van der Waals surface area contributed by atoms with Gasteiger partial charge in [-0.3, -0.25) is 9.59 Å². The third kappa shape index (κ3) is 3.61. The second-order valence-electron chi connectivity index (χ2n) is 5.87. The van der Waals surface area contributed by atoms with Crippen LogP contribution in [-0.2, 0) is 15.0 Å². The molecular weight excluding hydrogens is 300 g/mol. The normalized spacial score (nSPS) is 18.1. The van der Waals surface area contributed by atoms with E-state index in [0.717, 1.165) is 12.8 Å². The zero-order valence-corrected chi connectivity index (χ0v) is 13.9. The minimum Gasteiger partial charge on any atom is -0.353 e. The molecule has 4 nitrogen and oxygen atoms in total. The second kappa shape index (κ2) is 7.14. The van der Waals surface area contributed by atoms with Gasteiger partial charge in [-0.05, 0) is 37.0 Å². The Kier molecular flexibility index (Phi) is 5.46. The van der Waals surface area contributed by atoms with Crippen molar-refractivity contribution in [2.24, 2.45) is 0 Å². The predicted octanol–water partition coefficient (Wildman–Crippen LogP) is 2.79. The van der Waals surface area contributed by atoms with Gasteiger partial charge in [0.15, 0.2) is 0 Å².